The van der Waals surface area contributed by atoms with E-state index in [2.05, 4.69) is 116 Å². The fraction of sp³-hybridized carbons (Fsp3) is 0.302. The van der Waals surface area contributed by atoms with Gasteiger partial charge in [0, 0.05) is 70.0 Å². The number of nitrogens with two attached hydrogens (primary N) is 1. The summed E-state index contributed by atoms with van der Waals surface area (Å²) < 4.78 is 10.2. The standard InChI is InChI=1S/C17H18ClNO.C9H9Br2Cl.C9H10ClN.C9H11Cl.C8H11NO.CH2O3.2Na.H/c1-12-7-14-10-19(11-15(14)8-17(12)18)9-13-3-5-16(20-2)6-4-13;1-6-2-7(4-10)8(5-11)3-9(6)12;1-6-2-7-4-11-5-8(7)3-9(6)10;1-6-4-8(3)9(10)5-7(6)2;1-10-8-4-2-7(6-9)3-5-8;2-1-4-3;;;/h3-8H,9-11H2,1-2H3;2-3H,4-5H2,1H3;2-3,11H,4-5H2,1H3;4-5H,1-3H3;2-5H,6,9H2,1H3;1,3H;;;/q;;;;;;2*+1;-1/p-1. The summed E-state index contributed by atoms with van der Waals surface area (Å²) in [6.45, 7) is 17.6. The van der Waals surface area contributed by atoms with E-state index in [-0.39, 0.29) is 67.0 Å². The Kier molecular flexibility index (Phi) is 32.9. The summed E-state index contributed by atoms with van der Waals surface area (Å²) in [4.78, 5) is 13.7. The van der Waals surface area contributed by atoms with E-state index in [9.17, 15) is 0 Å². The quantitative estimate of drug-likeness (QED) is 0.0523. The number of hydrogen-bond donors (Lipinski definition) is 2. The number of ether oxygens (including phenoxy) is 2. The summed E-state index contributed by atoms with van der Waals surface area (Å²) in [5.41, 5.74) is 23.1. The number of nitrogens with one attached hydrogen (secondary N) is 1. The number of halogens is 6. The van der Waals surface area contributed by atoms with Gasteiger partial charge in [-0.05, 0) is 168 Å². The number of benzene rings is 6. The molecular formula is C53H61Br2Cl4N3Na2O5. The molecule has 6 aromatic carbocycles. The number of aryl methyl sites for hydroxylation is 6. The van der Waals surface area contributed by atoms with Crippen molar-refractivity contribution >= 4 is 84.7 Å². The van der Waals surface area contributed by atoms with Gasteiger partial charge in [-0.3, -0.25) is 9.69 Å². The van der Waals surface area contributed by atoms with Gasteiger partial charge in [-0.1, -0.05) is 127 Å². The molecule has 0 spiro atoms. The molecule has 2 heterocycles. The molecule has 0 amide bonds. The minimum atomic E-state index is -0.181. The monoisotopic (exact) mass is 1160 g/mol. The topological polar surface area (TPSA) is 109 Å². The van der Waals surface area contributed by atoms with Crippen LogP contribution in [0.4, 0.5) is 0 Å². The van der Waals surface area contributed by atoms with Crippen LogP contribution in [0, 0.1) is 41.5 Å². The molecule has 69 heavy (non-hydrogen) atoms. The van der Waals surface area contributed by atoms with Gasteiger partial charge in [0.05, 0.1) is 14.2 Å². The van der Waals surface area contributed by atoms with E-state index in [1.807, 2.05) is 69.3 Å². The van der Waals surface area contributed by atoms with E-state index in [1.54, 1.807) is 14.2 Å². The molecule has 0 saturated carbocycles. The normalized spacial score (nSPS) is 11.5. The van der Waals surface area contributed by atoms with Crippen LogP contribution < -0.4 is 84.9 Å². The minimum absolute atomic E-state index is 0. The van der Waals surface area contributed by atoms with Gasteiger partial charge in [-0.2, -0.15) is 0 Å². The molecule has 0 fully saturated rings. The number of alkyl halides is 2. The van der Waals surface area contributed by atoms with Crippen molar-refractivity contribution in [3.8, 4) is 11.5 Å². The first-order chi connectivity index (χ1) is 32.0. The molecule has 0 aliphatic carbocycles. The molecule has 0 saturated heterocycles. The number of rotatable bonds is 8. The Bertz CT molecular complexity index is 2350. The van der Waals surface area contributed by atoms with Crippen molar-refractivity contribution < 1.29 is 85.0 Å². The number of hydrogen-bond acceptors (Lipinski definition) is 8. The maximum atomic E-state index is 8.64. The molecule has 0 unspecified atom stereocenters. The molecule has 6 aromatic rings. The van der Waals surface area contributed by atoms with Gasteiger partial charge in [0.1, 0.15) is 11.5 Å². The van der Waals surface area contributed by atoms with E-state index in [4.69, 9.17) is 71.7 Å². The summed E-state index contributed by atoms with van der Waals surface area (Å²) in [6, 6.07) is 32.8. The first kappa shape index (κ1) is 65.4. The molecule has 3 N–H and O–H groups in total. The third-order valence-electron chi connectivity index (χ3n) is 10.9. The van der Waals surface area contributed by atoms with Crippen molar-refractivity contribution in [1.29, 1.82) is 0 Å². The molecular weight excluding hydrogens is 1110 g/mol. The van der Waals surface area contributed by atoms with Crippen LogP contribution in [0.3, 0.4) is 0 Å². The Hall–Kier alpha value is -1.65. The predicted molar refractivity (Wildman–Crippen MR) is 285 cm³/mol. The number of carbonyl (C=O) groups excluding carboxylic acids is 1. The average Bonchev–Trinajstić information content (AvgIpc) is 3.95. The maximum absolute atomic E-state index is 8.64. The number of methoxy groups -OCH3 is 2. The van der Waals surface area contributed by atoms with Crippen LogP contribution in [0.15, 0.2) is 97.1 Å². The number of fused-ring (bicyclic) bond motifs is 2. The van der Waals surface area contributed by atoms with Crippen LogP contribution in [-0.2, 0) is 59.6 Å². The van der Waals surface area contributed by atoms with Gasteiger partial charge in [0.15, 0.2) is 0 Å². The summed E-state index contributed by atoms with van der Waals surface area (Å²) in [5.74, 6) is 1.78. The van der Waals surface area contributed by atoms with Crippen LogP contribution in [0.5, 0.6) is 11.5 Å². The van der Waals surface area contributed by atoms with Gasteiger partial charge < -0.3 is 32.1 Å². The molecule has 0 aromatic heterocycles. The Morgan fingerprint density at radius 1 is 0.594 bits per heavy atom. The summed E-state index contributed by atoms with van der Waals surface area (Å²) >= 11 is 30.9. The van der Waals surface area contributed by atoms with Crippen molar-refractivity contribution in [2.45, 2.75) is 91.5 Å². The predicted octanol–water partition coefficient (Wildman–Crippen LogP) is 7.84. The molecule has 0 radical (unpaired) electrons. The second-order valence-electron chi connectivity index (χ2n) is 15.9. The van der Waals surface area contributed by atoms with E-state index < -0.39 is 0 Å². The molecule has 8 nitrogen and oxygen atoms in total. The third-order valence-corrected chi connectivity index (χ3v) is 13.8. The molecule has 8 rings (SSSR count). The van der Waals surface area contributed by atoms with Crippen molar-refractivity contribution in [2.75, 3.05) is 14.2 Å². The summed E-state index contributed by atoms with van der Waals surface area (Å²) in [7, 11) is 3.34. The van der Waals surface area contributed by atoms with E-state index in [0.717, 1.165) is 97.2 Å². The van der Waals surface area contributed by atoms with Crippen molar-refractivity contribution in [1.82, 2.24) is 10.2 Å². The molecule has 0 bridgehead atoms. The smallest absolute Gasteiger partial charge is 1.00 e. The van der Waals surface area contributed by atoms with Crippen molar-refractivity contribution in [3.63, 3.8) is 0 Å². The fourth-order valence-corrected chi connectivity index (χ4v) is 8.70. The van der Waals surface area contributed by atoms with Gasteiger partial charge in [-0.15, -0.1) is 0 Å². The number of nitrogens with zero attached hydrogens (tertiary/aromatic N) is 1. The van der Waals surface area contributed by atoms with Crippen LogP contribution in [0.2, 0.25) is 20.1 Å². The van der Waals surface area contributed by atoms with Gasteiger partial charge >= 0.3 is 59.1 Å². The van der Waals surface area contributed by atoms with E-state index in [1.165, 1.54) is 55.6 Å². The van der Waals surface area contributed by atoms with Crippen molar-refractivity contribution in [3.05, 3.63) is 195 Å². The van der Waals surface area contributed by atoms with Crippen molar-refractivity contribution in [2.24, 2.45) is 5.73 Å². The maximum Gasteiger partial charge on any atom is 1.00 e. The minimum Gasteiger partial charge on any atom is -1.00 e. The fourth-order valence-electron chi connectivity index (χ4n) is 6.88. The van der Waals surface area contributed by atoms with Crippen LogP contribution in [0.25, 0.3) is 0 Å². The Morgan fingerprint density at radius 3 is 1.43 bits per heavy atom. The third kappa shape index (κ3) is 22.2. The Morgan fingerprint density at radius 2 is 0.971 bits per heavy atom. The summed E-state index contributed by atoms with van der Waals surface area (Å²) in [5, 5.41) is 16.9. The van der Waals surface area contributed by atoms with Crippen LogP contribution >= 0.6 is 78.3 Å². The zero-order valence-electron chi connectivity index (χ0n) is 42.3. The van der Waals surface area contributed by atoms with Gasteiger partial charge in [0.2, 0.25) is 0 Å². The van der Waals surface area contributed by atoms with E-state index >= 15 is 0 Å². The molecule has 16 heteroatoms. The summed E-state index contributed by atoms with van der Waals surface area (Å²) in [6.07, 6.45) is 0. The van der Waals surface area contributed by atoms with Crippen LogP contribution in [-0.4, -0.2) is 25.6 Å². The zero-order valence-corrected chi connectivity index (χ0v) is 51.5. The zero-order chi connectivity index (χ0) is 49.6. The molecule has 2 aliphatic heterocycles. The first-order valence-corrected chi connectivity index (χ1v) is 25.1. The van der Waals surface area contributed by atoms with Gasteiger partial charge in [-0.25, -0.2) is 0 Å². The van der Waals surface area contributed by atoms with Gasteiger partial charge in [0.25, 0.3) is 6.47 Å². The first-order valence-electron chi connectivity index (χ1n) is 21.3. The Balaban J connectivity index is 0.000000848. The second kappa shape index (κ2) is 34.7. The van der Waals surface area contributed by atoms with E-state index in [0.29, 0.717) is 6.54 Å². The largest absolute Gasteiger partial charge is 1.00 e. The molecule has 362 valence electrons. The number of carbonyl (C=O) groups is 1. The second-order valence-corrected chi connectivity index (χ2v) is 18.7. The molecule has 0 atom stereocenters. The average molecular weight is 1170 g/mol. The Labute approximate surface area is 492 Å². The van der Waals surface area contributed by atoms with Crippen LogP contribution in [0.1, 0.15) is 79.3 Å². The SMILES string of the molecule is COc1ccc(CN)cc1.COc1ccc(CN2Cc3cc(C)c(Cl)cc3C2)cc1.Cc1cc(C)c(Cl)cc1C.Cc1cc(CBr)c(CBr)cc1Cl.Cc1cc2c(cc1Cl)CNC2.O=CO[O-].[H-].[Na+].[Na+]. The molecule has 2 aliphatic rings.